The van der Waals surface area contributed by atoms with Crippen molar-refractivity contribution in [1.82, 2.24) is 15.1 Å². The number of hydrogen-bond acceptors (Lipinski definition) is 2. The third-order valence-electron chi connectivity index (χ3n) is 2.28. The summed E-state index contributed by atoms with van der Waals surface area (Å²) < 4.78 is 1.94. The summed E-state index contributed by atoms with van der Waals surface area (Å²) in [6.45, 7) is 6.36. The fourth-order valence-electron chi connectivity index (χ4n) is 1.27. The summed E-state index contributed by atoms with van der Waals surface area (Å²) in [6.07, 6.45) is 3.80. The summed E-state index contributed by atoms with van der Waals surface area (Å²) in [4.78, 5) is 0. The zero-order valence-electron chi connectivity index (χ0n) is 8.78. The molecule has 1 aromatic heterocycles. The van der Waals surface area contributed by atoms with Gasteiger partial charge in [0.05, 0.1) is 6.54 Å². The van der Waals surface area contributed by atoms with E-state index in [9.17, 15) is 0 Å². The number of nitrogens with zero attached hydrogens (tertiary/aromatic N) is 2. The highest BCUT2D eigenvalue weighted by Gasteiger charge is 2.09. The maximum absolute atomic E-state index is 4.15. The first-order chi connectivity index (χ1) is 6.74. The maximum atomic E-state index is 4.15. The molecule has 1 atom stereocenters. The van der Waals surface area contributed by atoms with E-state index in [4.69, 9.17) is 0 Å². The summed E-state index contributed by atoms with van der Waals surface area (Å²) in [5, 5.41) is 8.65. The van der Waals surface area contributed by atoms with Crippen LogP contribution >= 0.6 is 15.9 Å². The lowest BCUT2D eigenvalue weighted by atomic mass is 10.1. The van der Waals surface area contributed by atoms with Crippen molar-refractivity contribution in [1.29, 1.82) is 0 Å². The smallest absolute Gasteiger partial charge is 0.0534 e. The van der Waals surface area contributed by atoms with Gasteiger partial charge in [-0.05, 0) is 12.0 Å². The minimum atomic E-state index is 0.547. The Hall–Kier alpha value is -0.350. The van der Waals surface area contributed by atoms with Crippen LogP contribution in [0.5, 0.6) is 0 Å². The highest BCUT2D eigenvalue weighted by molar-refractivity contribution is 9.09. The second-order valence-corrected chi connectivity index (χ2v) is 4.38. The Morgan fingerprint density at radius 1 is 1.50 bits per heavy atom. The summed E-state index contributed by atoms with van der Waals surface area (Å²) in [7, 11) is 0. The van der Waals surface area contributed by atoms with Gasteiger partial charge < -0.3 is 5.32 Å². The lowest BCUT2D eigenvalue weighted by molar-refractivity contribution is 0.417. The zero-order chi connectivity index (χ0) is 10.4. The summed E-state index contributed by atoms with van der Waals surface area (Å²) in [5.41, 5.74) is 0. The van der Waals surface area contributed by atoms with Gasteiger partial charge in [0.25, 0.3) is 0 Å². The molecule has 4 heteroatoms. The average molecular weight is 260 g/mol. The van der Waals surface area contributed by atoms with Crippen LogP contribution in [0.2, 0.25) is 0 Å². The minimum Gasteiger partial charge on any atom is -0.311 e. The van der Waals surface area contributed by atoms with Crippen LogP contribution in [0.15, 0.2) is 18.5 Å². The van der Waals surface area contributed by atoms with Crippen molar-refractivity contribution in [2.75, 3.05) is 11.9 Å². The van der Waals surface area contributed by atoms with Crippen molar-refractivity contribution in [3.63, 3.8) is 0 Å². The minimum absolute atomic E-state index is 0.547. The molecule has 3 nitrogen and oxygen atoms in total. The van der Waals surface area contributed by atoms with Crippen molar-refractivity contribution in [3.05, 3.63) is 18.5 Å². The Morgan fingerprint density at radius 3 is 2.79 bits per heavy atom. The first-order valence-corrected chi connectivity index (χ1v) is 6.13. The SMILES string of the molecule is CC(C)C(CBr)NCCn1cccn1. The number of aromatic nitrogens is 2. The van der Waals surface area contributed by atoms with E-state index in [0.29, 0.717) is 12.0 Å². The van der Waals surface area contributed by atoms with Gasteiger partial charge in [-0.1, -0.05) is 29.8 Å². The Bertz CT molecular complexity index is 234. The normalized spacial score (nSPS) is 13.4. The quantitative estimate of drug-likeness (QED) is 0.792. The Labute approximate surface area is 94.0 Å². The van der Waals surface area contributed by atoms with Crippen LogP contribution in [0.3, 0.4) is 0 Å². The molecule has 1 aromatic rings. The lowest BCUT2D eigenvalue weighted by Crippen LogP contribution is -2.37. The fourth-order valence-corrected chi connectivity index (χ4v) is 2.24. The summed E-state index contributed by atoms with van der Waals surface area (Å²) >= 11 is 3.51. The second-order valence-electron chi connectivity index (χ2n) is 3.73. The number of hydrogen-bond donors (Lipinski definition) is 1. The van der Waals surface area contributed by atoms with Crippen LogP contribution in [0.1, 0.15) is 13.8 Å². The number of alkyl halides is 1. The van der Waals surface area contributed by atoms with Gasteiger partial charge in [-0.25, -0.2) is 0 Å². The molecule has 0 bridgehead atoms. The van der Waals surface area contributed by atoms with Gasteiger partial charge in [-0.3, -0.25) is 4.68 Å². The third-order valence-corrected chi connectivity index (χ3v) is 2.98. The van der Waals surface area contributed by atoms with Crippen LogP contribution in [-0.4, -0.2) is 27.7 Å². The molecule has 1 heterocycles. The van der Waals surface area contributed by atoms with Crippen LogP contribution in [0.25, 0.3) is 0 Å². The van der Waals surface area contributed by atoms with E-state index in [1.807, 2.05) is 23.1 Å². The third kappa shape index (κ3) is 3.80. The maximum Gasteiger partial charge on any atom is 0.0534 e. The van der Waals surface area contributed by atoms with Gasteiger partial charge in [-0.15, -0.1) is 0 Å². The molecular formula is C10H18BrN3. The first kappa shape index (κ1) is 11.7. The van der Waals surface area contributed by atoms with Crippen LogP contribution in [0, 0.1) is 5.92 Å². The molecule has 0 saturated heterocycles. The number of nitrogens with one attached hydrogen (secondary N) is 1. The predicted octanol–water partition coefficient (Wildman–Crippen LogP) is 1.89. The molecule has 0 aromatic carbocycles. The topological polar surface area (TPSA) is 29.9 Å². The molecule has 0 spiro atoms. The van der Waals surface area contributed by atoms with Crippen LogP contribution in [-0.2, 0) is 6.54 Å². The predicted molar refractivity (Wildman–Crippen MR) is 62.6 cm³/mol. The second kappa shape index (κ2) is 6.19. The standard InChI is InChI=1S/C10H18BrN3/c1-9(2)10(8-11)12-5-7-14-6-3-4-13-14/h3-4,6,9-10,12H,5,7-8H2,1-2H3. The molecule has 0 aliphatic carbocycles. The Balaban J connectivity index is 2.20. The van der Waals surface area contributed by atoms with E-state index in [-0.39, 0.29) is 0 Å². The van der Waals surface area contributed by atoms with Gasteiger partial charge in [-0.2, -0.15) is 5.10 Å². The molecule has 0 amide bonds. The van der Waals surface area contributed by atoms with Gasteiger partial charge in [0, 0.05) is 30.3 Å². The van der Waals surface area contributed by atoms with Crippen molar-refractivity contribution >= 4 is 15.9 Å². The van der Waals surface area contributed by atoms with Crippen molar-refractivity contribution in [2.24, 2.45) is 5.92 Å². The summed E-state index contributed by atoms with van der Waals surface area (Å²) in [6, 6.07) is 2.50. The molecular weight excluding hydrogens is 242 g/mol. The van der Waals surface area contributed by atoms with E-state index in [0.717, 1.165) is 18.4 Å². The molecule has 1 unspecified atom stereocenters. The molecule has 0 fully saturated rings. The van der Waals surface area contributed by atoms with E-state index >= 15 is 0 Å². The molecule has 0 saturated carbocycles. The van der Waals surface area contributed by atoms with Crippen LogP contribution in [0.4, 0.5) is 0 Å². The summed E-state index contributed by atoms with van der Waals surface area (Å²) in [5.74, 6) is 0.659. The van der Waals surface area contributed by atoms with Crippen molar-refractivity contribution < 1.29 is 0 Å². The molecule has 14 heavy (non-hydrogen) atoms. The molecule has 1 N–H and O–H groups in total. The Kier molecular flexibility index (Phi) is 5.19. The van der Waals surface area contributed by atoms with E-state index in [1.54, 1.807) is 0 Å². The van der Waals surface area contributed by atoms with E-state index in [1.165, 1.54) is 0 Å². The number of halogens is 1. The van der Waals surface area contributed by atoms with E-state index < -0.39 is 0 Å². The molecule has 0 radical (unpaired) electrons. The van der Waals surface area contributed by atoms with Gasteiger partial charge in [0.2, 0.25) is 0 Å². The van der Waals surface area contributed by atoms with Gasteiger partial charge >= 0.3 is 0 Å². The monoisotopic (exact) mass is 259 g/mol. The highest BCUT2D eigenvalue weighted by atomic mass is 79.9. The molecule has 80 valence electrons. The largest absolute Gasteiger partial charge is 0.311 e. The van der Waals surface area contributed by atoms with Crippen molar-refractivity contribution in [2.45, 2.75) is 26.4 Å². The lowest BCUT2D eigenvalue weighted by Gasteiger charge is -2.19. The number of rotatable bonds is 6. The molecule has 0 aliphatic heterocycles. The fraction of sp³-hybridized carbons (Fsp3) is 0.700. The van der Waals surface area contributed by atoms with Gasteiger partial charge in [0.1, 0.15) is 0 Å². The zero-order valence-corrected chi connectivity index (χ0v) is 10.4. The average Bonchev–Trinajstić information content (AvgIpc) is 2.64. The van der Waals surface area contributed by atoms with E-state index in [2.05, 4.69) is 40.2 Å². The molecule has 0 aliphatic rings. The highest BCUT2D eigenvalue weighted by Crippen LogP contribution is 2.04. The first-order valence-electron chi connectivity index (χ1n) is 5.01. The Morgan fingerprint density at radius 2 is 2.29 bits per heavy atom. The van der Waals surface area contributed by atoms with Gasteiger partial charge in [0.15, 0.2) is 0 Å². The van der Waals surface area contributed by atoms with Crippen molar-refractivity contribution in [3.8, 4) is 0 Å². The van der Waals surface area contributed by atoms with Crippen LogP contribution < -0.4 is 5.32 Å². The molecule has 1 rings (SSSR count).